The van der Waals surface area contributed by atoms with Gasteiger partial charge >= 0.3 is 0 Å². The number of ether oxygens (including phenoxy) is 2. The van der Waals surface area contributed by atoms with Gasteiger partial charge in [-0.1, -0.05) is 13.8 Å². The van der Waals surface area contributed by atoms with Crippen LogP contribution in [0.15, 0.2) is 0 Å². The topological polar surface area (TPSA) is 35.5 Å². The van der Waals surface area contributed by atoms with Gasteiger partial charge in [0.15, 0.2) is 0 Å². The second kappa shape index (κ2) is 7.83. The van der Waals surface area contributed by atoms with Gasteiger partial charge in [-0.2, -0.15) is 0 Å². The van der Waals surface area contributed by atoms with Crippen LogP contribution in [-0.4, -0.2) is 32.7 Å². The van der Waals surface area contributed by atoms with E-state index in [1.165, 1.54) is 6.42 Å². The molecule has 1 aliphatic rings. The van der Waals surface area contributed by atoms with E-state index in [0.29, 0.717) is 43.9 Å². The Morgan fingerprint density at radius 3 is 2.29 bits per heavy atom. The van der Waals surface area contributed by atoms with Crippen LogP contribution >= 0.6 is 0 Å². The summed E-state index contributed by atoms with van der Waals surface area (Å²) in [6.07, 6.45) is 3.98. The molecule has 0 aromatic heterocycles. The summed E-state index contributed by atoms with van der Waals surface area (Å²) in [7, 11) is 1.65. The largest absolute Gasteiger partial charge is 0.382 e. The van der Waals surface area contributed by atoms with Crippen LogP contribution in [0.1, 0.15) is 39.5 Å². The second-order valence-corrected chi connectivity index (χ2v) is 5.44. The number of Topliss-reactive ketones (excluding diaryl/α,β-unsaturated/α-hetero) is 1. The predicted octanol–water partition coefficient (Wildman–Crippen LogP) is 2.68. The quantitative estimate of drug-likeness (QED) is 0.644. The van der Waals surface area contributed by atoms with E-state index in [-0.39, 0.29) is 5.92 Å². The number of rotatable bonds is 7. The minimum Gasteiger partial charge on any atom is -0.382 e. The van der Waals surface area contributed by atoms with Crippen molar-refractivity contribution in [3.63, 3.8) is 0 Å². The Balaban J connectivity index is 2.18. The molecule has 1 rings (SSSR count). The molecule has 100 valence electrons. The molecule has 0 aromatic carbocycles. The van der Waals surface area contributed by atoms with E-state index in [2.05, 4.69) is 13.8 Å². The van der Waals surface area contributed by atoms with Crippen LogP contribution in [0.4, 0.5) is 0 Å². The molecule has 17 heavy (non-hydrogen) atoms. The molecule has 0 aliphatic heterocycles. The maximum Gasteiger partial charge on any atom is 0.138 e. The molecular weight excluding hydrogens is 216 g/mol. The third-order valence-electron chi connectivity index (χ3n) is 3.56. The molecule has 1 fully saturated rings. The minimum absolute atomic E-state index is 0.278. The fourth-order valence-electron chi connectivity index (χ4n) is 2.83. The van der Waals surface area contributed by atoms with Crippen molar-refractivity contribution in [3.05, 3.63) is 0 Å². The zero-order valence-electron chi connectivity index (χ0n) is 11.4. The second-order valence-electron chi connectivity index (χ2n) is 5.44. The third-order valence-corrected chi connectivity index (χ3v) is 3.56. The lowest BCUT2D eigenvalue weighted by Crippen LogP contribution is -2.26. The Bertz CT molecular complexity index is 218. The van der Waals surface area contributed by atoms with Gasteiger partial charge in [-0.15, -0.1) is 0 Å². The summed E-state index contributed by atoms with van der Waals surface area (Å²) in [6.45, 7) is 6.24. The first kappa shape index (κ1) is 14.7. The first-order valence-electron chi connectivity index (χ1n) is 6.72. The Hall–Kier alpha value is -0.410. The molecule has 1 saturated carbocycles. The number of hydrogen-bond acceptors (Lipinski definition) is 3. The Morgan fingerprint density at radius 1 is 1.06 bits per heavy atom. The first-order valence-corrected chi connectivity index (χ1v) is 6.72. The highest BCUT2D eigenvalue weighted by Crippen LogP contribution is 2.33. The lowest BCUT2D eigenvalue weighted by Gasteiger charge is -2.30. The highest BCUT2D eigenvalue weighted by atomic mass is 16.5. The fraction of sp³-hybridized carbons (Fsp3) is 0.929. The maximum absolute atomic E-state index is 12.0. The van der Waals surface area contributed by atoms with Gasteiger partial charge in [0.25, 0.3) is 0 Å². The molecule has 1 aliphatic carbocycles. The number of methoxy groups -OCH3 is 1. The summed E-state index contributed by atoms with van der Waals surface area (Å²) in [5.74, 6) is 2.06. The van der Waals surface area contributed by atoms with Crippen LogP contribution in [-0.2, 0) is 14.3 Å². The average Bonchev–Trinajstić information content (AvgIpc) is 2.27. The van der Waals surface area contributed by atoms with Gasteiger partial charge in [-0.3, -0.25) is 4.79 Å². The van der Waals surface area contributed by atoms with Gasteiger partial charge in [-0.25, -0.2) is 0 Å². The molecule has 2 atom stereocenters. The van der Waals surface area contributed by atoms with Crippen LogP contribution in [0.5, 0.6) is 0 Å². The molecular formula is C14H26O3. The van der Waals surface area contributed by atoms with Crippen LogP contribution < -0.4 is 0 Å². The van der Waals surface area contributed by atoms with Gasteiger partial charge in [-0.05, 0) is 31.1 Å². The minimum atomic E-state index is 0.278. The molecule has 3 nitrogen and oxygen atoms in total. The number of ketones is 1. The zero-order chi connectivity index (χ0) is 12.7. The molecule has 0 radical (unpaired) electrons. The van der Waals surface area contributed by atoms with Crippen LogP contribution in [0.3, 0.4) is 0 Å². The Kier molecular flexibility index (Phi) is 6.75. The zero-order valence-corrected chi connectivity index (χ0v) is 11.4. The molecule has 0 spiro atoms. The standard InChI is InChI=1S/C14H26O3/c1-11-8-12(2)10-13(9-11)14(15)4-5-17-7-6-16-3/h11-13H,4-10H2,1-3H3. The summed E-state index contributed by atoms with van der Waals surface area (Å²) in [5, 5.41) is 0. The van der Waals surface area contributed by atoms with E-state index in [1.54, 1.807) is 7.11 Å². The van der Waals surface area contributed by atoms with Crippen molar-refractivity contribution in [1.82, 2.24) is 0 Å². The van der Waals surface area contributed by atoms with Crippen LogP contribution in [0.2, 0.25) is 0 Å². The predicted molar refractivity (Wildman–Crippen MR) is 68.0 cm³/mol. The summed E-state index contributed by atoms with van der Waals surface area (Å²) < 4.78 is 10.2. The normalized spacial score (nSPS) is 29.2. The van der Waals surface area contributed by atoms with Crippen molar-refractivity contribution >= 4 is 5.78 Å². The van der Waals surface area contributed by atoms with E-state index in [9.17, 15) is 4.79 Å². The molecule has 3 heteroatoms. The SMILES string of the molecule is COCCOCCC(=O)C1CC(C)CC(C)C1. The lowest BCUT2D eigenvalue weighted by atomic mass is 9.74. The lowest BCUT2D eigenvalue weighted by molar-refractivity contribution is -0.126. The third kappa shape index (κ3) is 5.64. The van der Waals surface area contributed by atoms with E-state index in [0.717, 1.165) is 12.8 Å². The Morgan fingerprint density at radius 2 is 1.71 bits per heavy atom. The smallest absolute Gasteiger partial charge is 0.138 e. The molecule has 0 N–H and O–H groups in total. The summed E-state index contributed by atoms with van der Waals surface area (Å²) >= 11 is 0. The van der Waals surface area contributed by atoms with E-state index < -0.39 is 0 Å². The molecule has 2 unspecified atom stereocenters. The monoisotopic (exact) mass is 242 g/mol. The number of carbonyl (C=O) groups is 1. The summed E-state index contributed by atoms with van der Waals surface area (Å²) in [6, 6.07) is 0. The van der Waals surface area contributed by atoms with Crippen molar-refractivity contribution in [2.45, 2.75) is 39.5 Å². The van der Waals surface area contributed by atoms with Gasteiger partial charge in [0.1, 0.15) is 5.78 Å². The van der Waals surface area contributed by atoms with Crippen molar-refractivity contribution < 1.29 is 14.3 Å². The van der Waals surface area contributed by atoms with Crippen LogP contribution in [0.25, 0.3) is 0 Å². The fourth-order valence-corrected chi connectivity index (χ4v) is 2.83. The van der Waals surface area contributed by atoms with Gasteiger partial charge < -0.3 is 9.47 Å². The van der Waals surface area contributed by atoms with Crippen LogP contribution in [0, 0.1) is 17.8 Å². The maximum atomic E-state index is 12.0. The van der Waals surface area contributed by atoms with E-state index >= 15 is 0 Å². The van der Waals surface area contributed by atoms with Crippen molar-refractivity contribution in [2.24, 2.45) is 17.8 Å². The molecule has 0 saturated heterocycles. The Labute approximate surface area is 105 Å². The van der Waals surface area contributed by atoms with Crippen molar-refractivity contribution in [2.75, 3.05) is 26.9 Å². The van der Waals surface area contributed by atoms with E-state index in [4.69, 9.17) is 9.47 Å². The highest BCUT2D eigenvalue weighted by molar-refractivity contribution is 5.81. The number of hydrogen-bond donors (Lipinski definition) is 0. The van der Waals surface area contributed by atoms with Crippen molar-refractivity contribution in [3.8, 4) is 0 Å². The average molecular weight is 242 g/mol. The van der Waals surface area contributed by atoms with Crippen molar-refractivity contribution in [1.29, 1.82) is 0 Å². The molecule has 0 heterocycles. The van der Waals surface area contributed by atoms with Gasteiger partial charge in [0, 0.05) is 19.4 Å². The first-order chi connectivity index (χ1) is 8.13. The molecule has 0 amide bonds. The number of carbonyl (C=O) groups excluding carboxylic acids is 1. The highest BCUT2D eigenvalue weighted by Gasteiger charge is 2.28. The van der Waals surface area contributed by atoms with Gasteiger partial charge in [0.05, 0.1) is 19.8 Å². The summed E-state index contributed by atoms with van der Waals surface area (Å²) in [4.78, 5) is 12.0. The molecule has 0 aromatic rings. The van der Waals surface area contributed by atoms with E-state index in [1.807, 2.05) is 0 Å². The molecule has 0 bridgehead atoms. The summed E-state index contributed by atoms with van der Waals surface area (Å²) in [5.41, 5.74) is 0. The van der Waals surface area contributed by atoms with Gasteiger partial charge in [0.2, 0.25) is 0 Å².